The standard InChI is InChI=1S/C38H37ClN8O9/c1-2-3-16-34-42-35(39)33(24-54-38(49)31-14-7-5-11-28(31)23-56-47(52)53)44(34)21-25-17-19-26(20-18-25)29-12-8-9-15-32(29)36(40)43-45(41)37(48)30-13-6-4-10-27(30)22-55-46(50)51/h4-15,17-20H,2-3,16,21-24,41H2,1H3,(H2,40,43). The zero-order valence-corrected chi connectivity index (χ0v) is 30.8. The van der Waals surface area contributed by atoms with Crippen LogP contribution in [0.1, 0.15) is 74.3 Å². The number of ether oxygens (including phenoxy) is 1. The molecule has 0 atom stereocenters. The van der Waals surface area contributed by atoms with E-state index in [1.165, 1.54) is 18.2 Å². The highest BCUT2D eigenvalue weighted by molar-refractivity contribution is 6.30. The lowest BCUT2D eigenvalue weighted by Crippen LogP contribution is -2.36. The smallest absolute Gasteiger partial charge is 0.338 e. The number of carbonyl (C=O) groups excluding carboxylic acids is 2. The molecule has 0 radical (unpaired) electrons. The molecule has 0 fully saturated rings. The monoisotopic (exact) mass is 784 g/mol. The van der Waals surface area contributed by atoms with Crippen molar-refractivity contribution in [3.8, 4) is 11.1 Å². The van der Waals surface area contributed by atoms with Gasteiger partial charge in [-0.2, -0.15) is 5.12 Å². The molecular weight excluding hydrogens is 748 g/mol. The van der Waals surface area contributed by atoms with E-state index in [0.717, 1.165) is 29.8 Å². The Labute approximate surface area is 325 Å². The highest BCUT2D eigenvalue weighted by Gasteiger charge is 2.21. The van der Waals surface area contributed by atoms with Gasteiger partial charge in [-0.25, -0.2) is 15.6 Å². The topological polar surface area (TPSA) is 234 Å². The number of unbranched alkanes of at least 4 members (excludes halogenated alkanes) is 1. The summed E-state index contributed by atoms with van der Waals surface area (Å²) in [4.78, 5) is 61.2. The molecule has 1 heterocycles. The zero-order valence-electron chi connectivity index (χ0n) is 30.1. The molecule has 0 unspecified atom stereocenters. The Kier molecular flexibility index (Phi) is 13.7. The minimum atomic E-state index is -0.956. The first-order valence-corrected chi connectivity index (χ1v) is 17.6. The number of aromatic nitrogens is 2. The number of nitrogens with zero attached hydrogens (tertiary/aromatic N) is 6. The number of amidine groups is 1. The molecule has 1 aromatic heterocycles. The molecule has 4 aromatic carbocycles. The van der Waals surface area contributed by atoms with Gasteiger partial charge in [0.2, 0.25) is 0 Å². The SMILES string of the molecule is CCCCc1nc(Cl)c(COC(=O)c2ccccc2CO[N+](=O)[O-])n1Cc1ccc(-c2ccccc2/C(N)=N/N(N)C(=O)c2ccccc2CO[N+](=O)[O-])cc1. The maximum Gasteiger partial charge on any atom is 0.338 e. The van der Waals surface area contributed by atoms with E-state index in [1.807, 2.05) is 41.0 Å². The summed E-state index contributed by atoms with van der Waals surface area (Å²) in [6, 6.07) is 27.2. The van der Waals surface area contributed by atoms with E-state index in [9.17, 15) is 29.8 Å². The van der Waals surface area contributed by atoms with Gasteiger partial charge in [0.1, 0.15) is 25.6 Å². The molecule has 4 N–H and O–H groups in total. The molecule has 0 bridgehead atoms. The number of esters is 1. The fraction of sp³-hybridized carbons (Fsp3) is 0.211. The van der Waals surface area contributed by atoms with Crippen molar-refractivity contribution < 1.29 is 34.2 Å². The van der Waals surface area contributed by atoms with E-state index in [2.05, 4.69) is 26.7 Å². The summed E-state index contributed by atoms with van der Waals surface area (Å²) in [5, 5.41) is 24.4. The first-order valence-electron chi connectivity index (χ1n) is 17.2. The largest absolute Gasteiger partial charge is 0.456 e. The van der Waals surface area contributed by atoms with Crippen LogP contribution in [-0.2, 0) is 47.2 Å². The third-order valence-corrected chi connectivity index (χ3v) is 8.87. The Bertz CT molecular complexity index is 2240. The first kappa shape index (κ1) is 40.3. The van der Waals surface area contributed by atoms with E-state index in [-0.39, 0.29) is 34.3 Å². The average Bonchev–Trinajstić information content (AvgIpc) is 3.49. The van der Waals surface area contributed by atoms with Gasteiger partial charge in [-0.15, -0.1) is 25.3 Å². The third kappa shape index (κ3) is 10.2. The molecule has 0 saturated carbocycles. The van der Waals surface area contributed by atoms with Crippen molar-refractivity contribution in [3.05, 3.63) is 167 Å². The number of rotatable bonds is 18. The Morgan fingerprint density at radius 2 is 1.41 bits per heavy atom. The number of hydrogen-bond donors (Lipinski definition) is 2. The molecule has 0 saturated heterocycles. The van der Waals surface area contributed by atoms with E-state index in [1.54, 1.807) is 42.5 Å². The Morgan fingerprint density at radius 3 is 2.04 bits per heavy atom. The minimum absolute atomic E-state index is 0.0553. The van der Waals surface area contributed by atoms with Gasteiger partial charge in [-0.05, 0) is 46.4 Å². The predicted octanol–water partition coefficient (Wildman–Crippen LogP) is 6.00. The summed E-state index contributed by atoms with van der Waals surface area (Å²) in [6.07, 6.45) is 2.40. The molecule has 56 heavy (non-hydrogen) atoms. The molecule has 5 rings (SSSR count). The van der Waals surface area contributed by atoms with Crippen molar-refractivity contribution in [3.63, 3.8) is 0 Å². The van der Waals surface area contributed by atoms with E-state index >= 15 is 0 Å². The molecule has 0 aliphatic rings. The second-order valence-corrected chi connectivity index (χ2v) is 12.6. The number of hydrazine groups is 1. The highest BCUT2D eigenvalue weighted by Crippen LogP contribution is 2.27. The lowest BCUT2D eigenvalue weighted by Gasteiger charge is -2.16. The fourth-order valence-electron chi connectivity index (χ4n) is 5.78. The molecule has 290 valence electrons. The maximum atomic E-state index is 13.2. The number of halogens is 1. The van der Waals surface area contributed by atoms with Crippen LogP contribution in [0.2, 0.25) is 5.15 Å². The highest BCUT2D eigenvalue weighted by atomic mass is 35.5. The van der Waals surface area contributed by atoms with E-state index < -0.39 is 35.3 Å². The number of carbonyl (C=O) groups is 2. The first-order chi connectivity index (χ1) is 27.0. The second-order valence-electron chi connectivity index (χ2n) is 12.2. The van der Waals surface area contributed by atoms with Gasteiger partial charge in [-0.3, -0.25) is 4.79 Å². The lowest BCUT2D eigenvalue weighted by atomic mass is 9.98. The third-order valence-electron chi connectivity index (χ3n) is 8.56. The van der Waals surface area contributed by atoms with Gasteiger partial charge >= 0.3 is 5.97 Å². The van der Waals surface area contributed by atoms with Crippen molar-refractivity contribution in [1.29, 1.82) is 0 Å². The number of imidazole rings is 1. The molecule has 0 aliphatic heterocycles. The number of aryl methyl sites for hydroxylation is 1. The summed E-state index contributed by atoms with van der Waals surface area (Å²) < 4.78 is 7.56. The number of benzene rings is 4. The molecule has 0 spiro atoms. The quantitative estimate of drug-likeness (QED) is 0.0198. The Balaban J connectivity index is 1.35. The van der Waals surface area contributed by atoms with Gasteiger partial charge in [0.25, 0.3) is 16.1 Å². The van der Waals surface area contributed by atoms with Gasteiger partial charge < -0.3 is 24.7 Å². The van der Waals surface area contributed by atoms with Crippen LogP contribution < -0.4 is 11.6 Å². The average molecular weight is 785 g/mol. The van der Waals surface area contributed by atoms with Crippen LogP contribution in [0.4, 0.5) is 0 Å². The number of hydrogen-bond acceptors (Lipinski definition) is 12. The molecule has 0 aliphatic carbocycles. The van der Waals surface area contributed by atoms with Crippen LogP contribution in [0.3, 0.4) is 0 Å². The summed E-state index contributed by atoms with van der Waals surface area (Å²) >= 11 is 6.61. The normalized spacial score (nSPS) is 11.2. The van der Waals surface area contributed by atoms with Crippen LogP contribution in [0.25, 0.3) is 11.1 Å². The van der Waals surface area contributed by atoms with Gasteiger partial charge in [0.15, 0.2) is 11.0 Å². The Morgan fingerprint density at radius 1 is 0.839 bits per heavy atom. The Hall–Kier alpha value is -6.85. The van der Waals surface area contributed by atoms with Crippen molar-refractivity contribution in [2.75, 3.05) is 0 Å². The number of amides is 1. The van der Waals surface area contributed by atoms with E-state index in [0.29, 0.717) is 40.5 Å². The van der Waals surface area contributed by atoms with Crippen LogP contribution in [0.5, 0.6) is 0 Å². The number of nitrogens with two attached hydrogens (primary N) is 2. The fourth-order valence-corrected chi connectivity index (χ4v) is 6.03. The summed E-state index contributed by atoms with van der Waals surface area (Å²) in [6.45, 7) is 1.34. The maximum absolute atomic E-state index is 13.2. The van der Waals surface area contributed by atoms with Crippen LogP contribution in [0, 0.1) is 20.2 Å². The zero-order chi connectivity index (χ0) is 40.2. The molecular formula is C38H37ClN8O9. The molecule has 18 heteroatoms. The van der Waals surface area contributed by atoms with Crippen molar-refractivity contribution in [2.45, 2.75) is 52.6 Å². The lowest BCUT2D eigenvalue weighted by molar-refractivity contribution is -0.763. The van der Waals surface area contributed by atoms with Gasteiger partial charge in [0, 0.05) is 24.1 Å². The summed E-state index contributed by atoms with van der Waals surface area (Å²) in [5.74, 6) is 5.22. The van der Waals surface area contributed by atoms with Crippen LogP contribution >= 0.6 is 11.6 Å². The predicted molar refractivity (Wildman–Crippen MR) is 203 cm³/mol. The van der Waals surface area contributed by atoms with Crippen molar-refractivity contribution >= 4 is 29.3 Å². The van der Waals surface area contributed by atoms with Crippen molar-refractivity contribution in [2.24, 2.45) is 16.7 Å². The molecule has 1 amide bonds. The molecule has 17 nitrogen and oxygen atoms in total. The van der Waals surface area contributed by atoms with Gasteiger partial charge in [0.05, 0.1) is 11.3 Å². The van der Waals surface area contributed by atoms with Gasteiger partial charge in [-0.1, -0.05) is 110 Å². The summed E-state index contributed by atoms with van der Waals surface area (Å²) in [5.41, 5.74) is 10.4. The van der Waals surface area contributed by atoms with E-state index in [4.69, 9.17) is 27.9 Å². The number of hydrazone groups is 1. The van der Waals surface area contributed by atoms with Crippen molar-refractivity contribution in [1.82, 2.24) is 14.7 Å². The van der Waals surface area contributed by atoms with Crippen LogP contribution in [0.15, 0.2) is 102 Å². The second kappa shape index (κ2) is 19.0. The molecule has 5 aromatic rings. The van der Waals surface area contributed by atoms with Crippen LogP contribution in [-0.4, -0.2) is 42.6 Å². The minimum Gasteiger partial charge on any atom is -0.456 e. The summed E-state index contributed by atoms with van der Waals surface area (Å²) in [7, 11) is 0.